The number of anilines is 1. The van der Waals surface area contributed by atoms with Gasteiger partial charge in [-0.25, -0.2) is 13.1 Å². The first-order valence-electron chi connectivity index (χ1n) is 8.03. The molecule has 0 radical (unpaired) electrons. The molecule has 0 spiro atoms. The van der Waals surface area contributed by atoms with E-state index in [4.69, 9.17) is 4.74 Å². The van der Waals surface area contributed by atoms with E-state index in [1.807, 2.05) is 13.8 Å². The molecule has 0 aliphatic carbocycles. The lowest BCUT2D eigenvalue weighted by molar-refractivity contribution is -0.116. The van der Waals surface area contributed by atoms with Crippen molar-refractivity contribution in [2.75, 3.05) is 18.2 Å². The Morgan fingerprint density at radius 1 is 1.24 bits per heavy atom. The zero-order chi connectivity index (χ0) is 18.4. The van der Waals surface area contributed by atoms with E-state index >= 15 is 0 Å². The normalized spacial score (nSPS) is 11.5. The van der Waals surface area contributed by atoms with Crippen LogP contribution in [0.4, 0.5) is 5.82 Å². The molecule has 1 amide bonds. The quantitative estimate of drug-likeness (QED) is 0.726. The fourth-order valence-electron chi connectivity index (χ4n) is 2.24. The van der Waals surface area contributed by atoms with Gasteiger partial charge in [0.05, 0.1) is 17.7 Å². The Morgan fingerprint density at radius 2 is 1.92 bits per heavy atom. The molecule has 0 unspecified atom stereocenters. The Kier molecular flexibility index (Phi) is 6.19. The van der Waals surface area contributed by atoms with Gasteiger partial charge in [-0.15, -0.1) is 0 Å². The number of ether oxygens (including phenoxy) is 1. The van der Waals surface area contributed by atoms with Gasteiger partial charge in [0.15, 0.2) is 9.84 Å². The highest BCUT2D eigenvalue weighted by molar-refractivity contribution is 7.90. The first-order chi connectivity index (χ1) is 11.8. The van der Waals surface area contributed by atoms with Gasteiger partial charge in [0.1, 0.15) is 11.6 Å². The number of aromatic nitrogens is 2. The summed E-state index contributed by atoms with van der Waals surface area (Å²) in [6.45, 7) is 4.35. The van der Waals surface area contributed by atoms with Crippen LogP contribution in [-0.4, -0.2) is 37.0 Å². The van der Waals surface area contributed by atoms with Crippen LogP contribution in [0.25, 0.3) is 0 Å². The highest BCUT2D eigenvalue weighted by Gasteiger charge is 2.10. The molecule has 2 rings (SSSR count). The molecule has 1 aromatic carbocycles. The smallest absolute Gasteiger partial charge is 0.225 e. The van der Waals surface area contributed by atoms with Crippen LogP contribution in [0.1, 0.15) is 32.7 Å². The van der Waals surface area contributed by atoms with Gasteiger partial charge < -0.3 is 10.1 Å². The number of hydrogen-bond acceptors (Lipinski definition) is 5. The Morgan fingerprint density at radius 3 is 2.52 bits per heavy atom. The predicted octanol–water partition coefficient (Wildman–Crippen LogP) is 2.67. The summed E-state index contributed by atoms with van der Waals surface area (Å²) in [5.74, 6) is 1.15. The minimum atomic E-state index is -3.21. The summed E-state index contributed by atoms with van der Waals surface area (Å²) >= 11 is 0. The first-order valence-corrected chi connectivity index (χ1v) is 9.93. The van der Waals surface area contributed by atoms with Crippen LogP contribution < -0.4 is 10.1 Å². The van der Waals surface area contributed by atoms with Crippen molar-refractivity contribution in [3.05, 3.63) is 36.5 Å². The van der Waals surface area contributed by atoms with Crippen LogP contribution in [0, 0.1) is 0 Å². The van der Waals surface area contributed by atoms with Crippen LogP contribution in [0.2, 0.25) is 0 Å². The van der Waals surface area contributed by atoms with E-state index in [0.29, 0.717) is 31.0 Å². The number of benzene rings is 1. The van der Waals surface area contributed by atoms with Crippen LogP contribution in [0.5, 0.6) is 5.75 Å². The van der Waals surface area contributed by atoms with E-state index in [0.717, 1.165) is 6.26 Å². The molecule has 2 aromatic rings. The zero-order valence-electron chi connectivity index (χ0n) is 14.6. The maximum absolute atomic E-state index is 12.0. The Hall–Kier alpha value is -2.35. The minimum absolute atomic E-state index is 0.0987. The molecule has 1 aromatic heterocycles. The lowest BCUT2D eigenvalue weighted by atomic mass is 10.3. The van der Waals surface area contributed by atoms with Gasteiger partial charge in [0, 0.05) is 24.8 Å². The Labute approximate surface area is 147 Å². The van der Waals surface area contributed by atoms with E-state index in [1.165, 1.54) is 12.1 Å². The van der Waals surface area contributed by atoms with Gasteiger partial charge >= 0.3 is 0 Å². The molecule has 7 nitrogen and oxygen atoms in total. The van der Waals surface area contributed by atoms with Crippen molar-refractivity contribution < 1.29 is 17.9 Å². The summed E-state index contributed by atoms with van der Waals surface area (Å²) in [6.07, 6.45) is 3.69. The summed E-state index contributed by atoms with van der Waals surface area (Å²) in [6, 6.07) is 8.16. The number of sulfone groups is 1. The number of nitrogens with zero attached hydrogens (tertiary/aromatic N) is 2. The standard InChI is InChI=1S/C17H23N3O4S/c1-13(2)20-16(10-11-18-20)19-17(21)5-4-12-24-14-6-8-15(9-7-14)25(3,22)23/h6-11,13H,4-5,12H2,1-3H3,(H,19,21). The monoisotopic (exact) mass is 365 g/mol. The number of carbonyl (C=O) groups is 1. The maximum atomic E-state index is 12.0. The maximum Gasteiger partial charge on any atom is 0.225 e. The van der Waals surface area contributed by atoms with Gasteiger partial charge in [-0.05, 0) is 44.5 Å². The highest BCUT2D eigenvalue weighted by atomic mass is 32.2. The number of nitrogens with one attached hydrogen (secondary N) is 1. The van der Waals surface area contributed by atoms with Gasteiger partial charge in [-0.3, -0.25) is 4.79 Å². The van der Waals surface area contributed by atoms with Gasteiger partial charge in [-0.1, -0.05) is 0 Å². The Balaban J connectivity index is 1.75. The summed E-state index contributed by atoms with van der Waals surface area (Å²) in [5.41, 5.74) is 0. The largest absolute Gasteiger partial charge is 0.494 e. The third-order valence-electron chi connectivity index (χ3n) is 3.50. The summed E-state index contributed by atoms with van der Waals surface area (Å²) in [4.78, 5) is 12.2. The first kappa shape index (κ1) is 19.0. The molecule has 0 bridgehead atoms. The van der Waals surface area contributed by atoms with Crippen LogP contribution >= 0.6 is 0 Å². The summed E-state index contributed by atoms with van der Waals surface area (Å²) in [5, 5.41) is 7.00. The topological polar surface area (TPSA) is 90.3 Å². The molecular weight excluding hydrogens is 342 g/mol. The van der Waals surface area contributed by atoms with E-state index in [2.05, 4.69) is 10.4 Å². The SMILES string of the molecule is CC(C)n1nccc1NC(=O)CCCOc1ccc(S(C)(=O)=O)cc1. The number of amides is 1. The van der Waals surface area contributed by atoms with Crippen molar-refractivity contribution in [3.8, 4) is 5.75 Å². The van der Waals surface area contributed by atoms with Crippen molar-refractivity contribution in [3.63, 3.8) is 0 Å². The van der Waals surface area contributed by atoms with E-state index in [-0.39, 0.29) is 16.8 Å². The molecule has 0 aliphatic heterocycles. The second-order valence-corrected chi connectivity index (χ2v) is 8.01. The molecule has 0 atom stereocenters. The minimum Gasteiger partial charge on any atom is -0.494 e. The van der Waals surface area contributed by atoms with Crippen molar-refractivity contribution in [1.29, 1.82) is 0 Å². The van der Waals surface area contributed by atoms with Gasteiger partial charge in [-0.2, -0.15) is 5.10 Å². The van der Waals surface area contributed by atoms with Crippen molar-refractivity contribution in [1.82, 2.24) is 9.78 Å². The molecule has 8 heteroatoms. The van der Waals surface area contributed by atoms with Crippen LogP contribution in [0.3, 0.4) is 0 Å². The third-order valence-corrected chi connectivity index (χ3v) is 4.62. The van der Waals surface area contributed by atoms with Crippen molar-refractivity contribution in [2.24, 2.45) is 0 Å². The second kappa shape index (κ2) is 8.15. The van der Waals surface area contributed by atoms with E-state index < -0.39 is 9.84 Å². The molecule has 1 N–H and O–H groups in total. The van der Waals surface area contributed by atoms with Crippen LogP contribution in [0.15, 0.2) is 41.4 Å². The summed E-state index contributed by atoms with van der Waals surface area (Å²) < 4.78 is 30.0. The van der Waals surface area contributed by atoms with Crippen LogP contribution in [-0.2, 0) is 14.6 Å². The van der Waals surface area contributed by atoms with Crippen molar-refractivity contribution in [2.45, 2.75) is 37.6 Å². The lowest BCUT2D eigenvalue weighted by Gasteiger charge is -2.12. The molecule has 25 heavy (non-hydrogen) atoms. The summed E-state index contributed by atoms with van der Waals surface area (Å²) in [7, 11) is -3.21. The number of carbonyl (C=O) groups excluding carboxylic acids is 1. The average Bonchev–Trinajstić information content (AvgIpc) is 2.99. The zero-order valence-corrected chi connectivity index (χ0v) is 15.4. The van der Waals surface area contributed by atoms with E-state index in [1.54, 1.807) is 29.1 Å². The average molecular weight is 365 g/mol. The van der Waals surface area contributed by atoms with E-state index in [9.17, 15) is 13.2 Å². The molecular formula is C17H23N3O4S. The number of rotatable bonds is 8. The lowest BCUT2D eigenvalue weighted by Crippen LogP contribution is -2.17. The highest BCUT2D eigenvalue weighted by Crippen LogP contribution is 2.16. The molecule has 0 fully saturated rings. The molecule has 1 heterocycles. The van der Waals surface area contributed by atoms with Gasteiger partial charge in [0.25, 0.3) is 0 Å². The number of hydrogen-bond donors (Lipinski definition) is 1. The van der Waals surface area contributed by atoms with Gasteiger partial charge in [0.2, 0.25) is 5.91 Å². The molecule has 0 saturated carbocycles. The Bertz CT molecular complexity index is 811. The fraction of sp³-hybridized carbons (Fsp3) is 0.412. The fourth-order valence-corrected chi connectivity index (χ4v) is 2.87. The predicted molar refractivity (Wildman–Crippen MR) is 95.5 cm³/mol. The molecule has 0 aliphatic rings. The molecule has 136 valence electrons. The molecule has 0 saturated heterocycles. The van der Waals surface area contributed by atoms with Crippen molar-refractivity contribution >= 4 is 21.6 Å². The second-order valence-electron chi connectivity index (χ2n) is 6.00. The third kappa shape index (κ3) is 5.60.